The maximum absolute atomic E-state index is 14.5. The first-order valence-corrected chi connectivity index (χ1v) is 9.10. The summed E-state index contributed by atoms with van der Waals surface area (Å²) in [6.45, 7) is 1.95. The summed E-state index contributed by atoms with van der Waals surface area (Å²) in [4.78, 5) is 9.77. The van der Waals surface area contributed by atoms with Gasteiger partial charge in [0.25, 0.3) is 0 Å². The van der Waals surface area contributed by atoms with Crippen molar-refractivity contribution in [2.24, 2.45) is 0 Å². The third kappa shape index (κ3) is 2.53. The van der Waals surface area contributed by atoms with Crippen LogP contribution in [-0.2, 0) is 0 Å². The maximum atomic E-state index is 14.5. The van der Waals surface area contributed by atoms with Gasteiger partial charge < -0.3 is 0 Å². The summed E-state index contributed by atoms with van der Waals surface area (Å²) in [6, 6.07) is 12.5. The van der Waals surface area contributed by atoms with E-state index in [-0.39, 0.29) is 5.82 Å². The summed E-state index contributed by atoms with van der Waals surface area (Å²) < 4.78 is 16.3. The van der Waals surface area contributed by atoms with E-state index in [1.165, 1.54) is 23.7 Å². The number of aromatic nitrogens is 6. The predicted molar refractivity (Wildman–Crippen MR) is 102 cm³/mol. The highest BCUT2D eigenvalue weighted by Gasteiger charge is 2.23. The molecule has 1 N–H and O–H groups in total. The van der Waals surface area contributed by atoms with Crippen molar-refractivity contribution < 1.29 is 4.39 Å². The molecule has 0 saturated carbocycles. The molecule has 27 heavy (non-hydrogen) atoms. The molecule has 4 aromatic heterocycles. The first kappa shape index (κ1) is 15.8. The fraction of sp³-hybridized carbons (Fsp3) is 0.0526. The standard InChI is InChI=1S/C19H13FN6S/c1-11-15(14-8-4-5-9-26(14)25-11)19-23-16(12-6-2-3-7-13(12)20)17(27-19)18-21-10-22-24-18/h2-10H,1H3,(H,21,22,24). The molecule has 0 unspecified atom stereocenters. The minimum Gasteiger partial charge on any atom is -0.259 e. The monoisotopic (exact) mass is 376 g/mol. The third-order valence-electron chi connectivity index (χ3n) is 4.32. The second kappa shape index (κ2) is 6.10. The Labute approximate surface area is 157 Å². The number of benzene rings is 1. The van der Waals surface area contributed by atoms with E-state index in [1.807, 2.05) is 35.8 Å². The number of fused-ring (bicyclic) bond motifs is 1. The summed E-state index contributed by atoms with van der Waals surface area (Å²) in [6.07, 6.45) is 3.33. The van der Waals surface area contributed by atoms with Crippen molar-refractivity contribution in [1.29, 1.82) is 0 Å². The van der Waals surface area contributed by atoms with Gasteiger partial charge in [0, 0.05) is 11.8 Å². The molecule has 6 nitrogen and oxygen atoms in total. The highest BCUT2D eigenvalue weighted by atomic mass is 32.1. The number of aromatic amines is 1. The number of pyridine rings is 1. The van der Waals surface area contributed by atoms with Crippen LogP contribution in [0, 0.1) is 12.7 Å². The second-order valence-corrected chi connectivity index (χ2v) is 7.00. The van der Waals surface area contributed by atoms with Crippen molar-refractivity contribution in [3.05, 3.63) is 66.5 Å². The fourth-order valence-corrected chi connectivity index (χ4v) is 4.25. The number of halogens is 1. The molecular weight excluding hydrogens is 363 g/mol. The summed E-state index contributed by atoms with van der Waals surface area (Å²) in [5.41, 5.74) is 3.72. The number of hydrogen-bond donors (Lipinski definition) is 1. The summed E-state index contributed by atoms with van der Waals surface area (Å²) in [5, 5.41) is 12.1. The average molecular weight is 376 g/mol. The Morgan fingerprint density at radius 2 is 1.96 bits per heavy atom. The van der Waals surface area contributed by atoms with Crippen LogP contribution < -0.4 is 0 Å². The minimum atomic E-state index is -0.327. The molecule has 5 rings (SSSR count). The maximum Gasteiger partial charge on any atom is 0.167 e. The van der Waals surface area contributed by atoms with Gasteiger partial charge in [0.1, 0.15) is 17.2 Å². The van der Waals surface area contributed by atoms with E-state index in [4.69, 9.17) is 4.98 Å². The first-order chi connectivity index (χ1) is 13.2. The number of nitrogens with zero attached hydrogens (tertiary/aromatic N) is 5. The molecule has 0 fully saturated rings. The quantitative estimate of drug-likeness (QED) is 0.508. The van der Waals surface area contributed by atoms with Gasteiger partial charge in [0.05, 0.1) is 27.3 Å². The average Bonchev–Trinajstić information content (AvgIpc) is 3.39. The van der Waals surface area contributed by atoms with Gasteiger partial charge in [0.15, 0.2) is 5.82 Å². The molecular formula is C19H13FN6S. The molecule has 0 spiro atoms. The zero-order valence-electron chi connectivity index (χ0n) is 14.2. The van der Waals surface area contributed by atoms with Crippen LogP contribution in [0.3, 0.4) is 0 Å². The van der Waals surface area contributed by atoms with Crippen molar-refractivity contribution in [2.45, 2.75) is 6.92 Å². The molecule has 0 amide bonds. The Morgan fingerprint density at radius 1 is 1.11 bits per heavy atom. The molecule has 1 aromatic carbocycles. The van der Waals surface area contributed by atoms with Gasteiger partial charge in [-0.05, 0) is 31.2 Å². The molecule has 5 aromatic rings. The highest BCUT2D eigenvalue weighted by Crippen LogP contribution is 2.41. The summed E-state index contributed by atoms with van der Waals surface area (Å²) in [7, 11) is 0. The molecule has 0 radical (unpaired) electrons. The smallest absolute Gasteiger partial charge is 0.167 e. The van der Waals surface area contributed by atoms with Gasteiger partial charge >= 0.3 is 0 Å². The first-order valence-electron chi connectivity index (χ1n) is 8.28. The molecule has 132 valence electrons. The Kier molecular flexibility index (Phi) is 3.58. The van der Waals surface area contributed by atoms with Crippen LogP contribution in [0.5, 0.6) is 0 Å². The molecule has 0 saturated heterocycles. The van der Waals surface area contributed by atoms with E-state index < -0.39 is 0 Å². The van der Waals surface area contributed by atoms with Crippen molar-refractivity contribution in [2.75, 3.05) is 0 Å². The molecule has 0 bridgehead atoms. The van der Waals surface area contributed by atoms with Crippen LogP contribution >= 0.6 is 11.3 Å². The third-order valence-corrected chi connectivity index (χ3v) is 5.39. The molecule has 0 aliphatic rings. The number of hydrogen-bond acceptors (Lipinski definition) is 5. The van der Waals surface area contributed by atoms with Gasteiger partial charge in [0.2, 0.25) is 0 Å². The van der Waals surface area contributed by atoms with E-state index in [9.17, 15) is 4.39 Å². The van der Waals surface area contributed by atoms with Crippen molar-refractivity contribution in [3.8, 4) is 32.5 Å². The van der Waals surface area contributed by atoms with Gasteiger partial charge in [-0.2, -0.15) is 10.2 Å². The normalized spacial score (nSPS) is 11.3. The summed E-state index contributed by atoms with van der Waals surface area (Å²) >= 11 is 1.44. The Bertz CT molecular complexity index is 1250. The lowest BCUT2D eigenvalue weighted by molar-refractivity contribution is 0.631. The van der Waals surface area contributed by atoms with E-state index in [1.54, 1.807) is 18.2 Å². The van der Waals surface area contributed by atoms with E-state index in [0.29, 0.717) is 17.1 Å². The van der Waals surface area contributed by atoms with Crippen LogP contribution in [0.25, 0.3) is 38.0 Å². The van der Waals surface area contributed by atoms with Gasteiger partial charge in [-0.1, -0.05) is 18.2 Å². The van der Waals surface area contributed by atoms with Gasteiger partial charge in [-0.25, -0.2) is 18.9 Å². The van der Waals surface area contributed by atoms with Crippen molar-refractivity contribution >= 4 is 16.9 Å². The van der Waals surface area contributed by atoms with Gasteiger partial charge in [-0.3, -0.25) is 5.10 Å². The highest BCUT2D eigenvalue weighted by molar-refractivity contribution is 7.19. The van der Waals surface area contributed by atoms with E-state index in [2.05, 4.69) is 20.3 Å². The number of nitrogens with one attached hydrogen (secondary N) is 1. The lowest BCUT2D eigenvalue weighted by Gasteiger charge is -2.01. The van der Waals surface area contributed by atoms with E-state index in [0.717, 1.165) is 26.7 Å². The largest absolute Gasteiger partial charge is 0.259 e. The number of H-pyrrole nitrogens is 1. The second-order valence-electron chi connectivity index (χ2n) is 6.00. The van der Waals surface area contributed by atoms with Crippen molar-refractivity contribution in [1.82, 2.24) is 29.8 Å². The Morgan fingerprint density at radius 3 is 2.78 bits per heavy atom. The Hall–Kier alpha value is -3.39. The van der Waals surface area contributed by atoms with E-state index >= 15 is 0 Å². The molecule has 0 atom stereocenters. The van der Waals surface area contributed by atoms with Crippen molar-refractivity contribution in [3.63, 3.8) is 0 Å². The van der Waals surface area contributed by atoms with Crippen LogP contribution in [0.15, 0.2) is 55.0 Å². The van der Waals surface area contributed by atoms with Crippen LogP contribution in [0.2, 0.25) is 0 Å². The topological polar surface area (TPSA) is 71.8 Å². The lowest BCUT2D eigenvalue weighted by Crippen LogP contribution is -1.88. The number of aryl methyl sites for hydroxylation is 1. The zero-order chi connectivity index (χ0) is 18.4. The van der Waals surface area contributed by atoms with Crippen LogP contribution in [-0.4, -0.2) is 29.8 Å². The zero-order valence-corrected chi connectivity index (χ0v) is 15.0. The Balaban J connectivity index is 1.79. The minimum absolute atomic E-state index is 0.327. The van der Waals surface area contributed by atoms with Crippen LogP contribution in [0.4, 0.5) is 4.39 Å². The molecule has 0 aliphatic carbocycles. The predicted octanol–water partition coefficient (Wildman–Crippen LogP) is 4.36. The molecule has 0 aliphatic heterocycles. The van der Waals surface area contributed by atoms with Gasteiger partial charge in [-0.15, -0.1) is 11.3 Å². The fourth-order valence-electron chi connectivity index (χ4n) is 3.12. The molecule has 8 heteroatoms. The van der Waals surface area contributed by atoms with Crippen LogP contribution in [0.1, 0.15) is 5.69 Å². The number of rotatable bonds is 3. The number of thiazole rings is 1. The molecule has 4 heterocycles. The lowest BCUT2D eigenvalue weighted by atomic mass is 10.1. The summed E-state index contributed by atoms with van der Waals surface area (Å²) in [5.74, 6) is 0.234. The SMILES string of the molecule is Cc1nn2ccccc2c1-c1nc(-c2ccccc2F)c(-c2ncn[nH]2)s1.